The topological polar surface area (TPSA) is 82.1 Å². The lowest BCUT2D eigenvalue weighted by Gasteiger charge is -2.06. The van der Waals surface area contributed by atoms with E-state index in [1.165, 1.54) is 96.3 Å². The van der Waals surface area contributed by atoms with Gasteiger partial charge in [0, 0.05) is 6.61 Å². The molecule has 0 aromatic carbocycles. The Labute approximate surface area is 180 Å². The lowest BCUT2D eigenvalue weighted by Crippen LogP contribution is -2.12. The van der Waals surface area contributed by atoms with E-state index in [9.17, 15) is 8.42 Å². The predicted molar refractivity (Wildman–Crippen MR) is 119 cm³/mol. The number of unbranched alkanes of at least 4 members (excludes halogenated alkanes) is 15. The lowest BCUT2D eigenvalue weighted by atomic mass is 10.0. The molecule has 0 radical (unpaired) electrons. The van der Waals surface area contributed by atoms with E-state index in [2.05, 4.69) is 11.1 Å². The van der Waals surface area contributed by atoms with Crippen LogP contribution in [0.15, 0.2) is 0 Å². The van der Waals surface area contributed by atoms with Gasteiger partial charge in [-0.25, -0.2) is 4.18 Å². The summed E-state index contributed by atoms with van der Waals surface area (Å²) in [5, 5.41) is 0. The molecule has 0 aromatic rings. The Bertz CT molecular complexity index is 414. The fourth-order valence-electron chi connectivity index (χ4n) is 3.27. The highest BCUT2D eigenvalue weighted by Gasteiger charge is 2.02. The van der Waals surface area contributed by atoms with Crippen molar-refractivity contribution in [1.82, 2.24) is 0 Å². The van der Waals surface area contributed by atoms with E-state index < -0.39 is 10.4 Å². The van der Waals surface area contributed by atoms with Crippen molar-refractivity contribution in [3.05, 3.63) is 0 Å². The van der Waals surface area contributed by atoms with Crippen LogP contribution in [-0.4, -0.2) is 46.0 Å². The zero-order chi connectivity index (χ0) is 21.5. The van der Waals surface area contributed by atoms with Crippen molar-refractivity contribution < 1.29 is 26.6 Å². The standard InChI is InChI=1S/C22H46O6S/c1-2-3-4-5-6-7-8-9-10-11-12-13-14-15-16-17-18-26-19-20-27-21-22-28-29(23,24)25/h2-22H2,1H3,(H,23,24,25). The van der Waals surface area contributed by atoms with E-state index in [4.69, 9.17) is 14.0 Å². The van der Waals surface area contributed by atoms with Gasteiger partial charge in [-0.1, -0.05) is 103 Å². The number of rotatable bonds is 24. The van der Waals surface area contributed by atoms with Crippen molar-refractivity contribution in [2.75, 3.05) is 33.0 Å². The molecule has 0 saturated heterocycles. The van der Waals surface area contributed by atoms with E-state index in [0.717, 1.165) is 13.0 Å². The summed E-state index contributed by atoms with van der Waals surface area (Å²) in [5.41, 5.74) is 0. The van der Waals surface area contributed by atoms with Gasteiger partial charge in [-0.05, 0) is 6.42 Å². The molecule has 29 heavy (non-hydrogen) atoms. The minimum atomic E-state index is -4.36. The minimum Gasteiger partial charge on any atom is -0.379 e. The molecule has 1 N–H and O–H groups in total. The van der Waals surface area contributed by atoms with Gasteiger partial charge < -0.3 is 9.47 Å². The molecule has 0 atom stereocenters. The number of hydrogen-bond donors (Lipinski definition) is 1. The molecule has 0 amide bonds. The van der Waals surface area contributed by atoms with Crippen LogP contribution >= 0.6 is 0 Å². The summed E-state index contributed by atoms with van der Waals surface area (Å²) in [4.78, 5) is 0. The molecule has 0 aliphatic heterocycles. The summed E-state index contributed by atoms with van der Waals surface area (Å²) in [7, 11) is -4.36. The van der Waals surface area contributed by atoms with Crippen molar-refractivity contribution in [2.45, 2.75) is 110 Å². The van der Waals surface area contributed by atoms with Gasteiger partial charge in [0.2, 0.25) is 0 Å². The van der Waals surface area contributed by atoms with Crippen LogP contribution < -0.4 is 0 Å². The Morgan fingerprint density at radius 2 is 0.862 bits per heavy atom. The fourth-order valence-corrected chi connectivity index (χ4v) is 3.55. The Morgan fingerprint density at radius 3 is 1.28 bits per heavy atom. The maximum absolute atomic E-state index is 10.3. The van der Waals surface area contributed by atoms with E-state index in [1.807, 2.05) is 0 Å². The molecular weight excluding hydrogens is 392 g/mol. The van der Waals surface area contributed by atoms with Crippen molar-refractivity contribution in [2.24, 2.45) is 0 Å². The second kappa shape index (κ2) is 22.5. The molecular formula is C22H46O6S. The maximum Gasteiger partial charge on any atom is 0.397 e. The lowest BCUT2D eigenvalue weighted by molar-refractivity contribution is 0.0346. The largest absolute Gasteiger partial charge is 0.397 e. The summed E-state index contributed by atoms with van der Waals surface area (Å²) >= 11 is 0. The van der Waals surface area contributed by atoms with E-state index in [0.29, 0.717) is 13.2 Å². The molecule has 0 saturated carbocycles. The minimum absolute atomic E-state index is 0.113. The molecule has 0 aliphatic carbocycles. The Balaban J connectivity index is 3.03. The van der Waals surface area contributed by atoms with Gasteiger partial charge in [0.05, 0.1) is 26.4 Å². The second-order valence-electron chi connectivity index (χ2n) is 7.78. The molecule has 0 heterocycles. The second-order valence-corrected chi connectivity index (χ2v) is 8.87. The Kier molecular flexibility index (Phi) is 22.3. The molecule has 0 aliphatic rings. The average Bonchev–Trinajstić information content (AvgIpc) is 2.67. The third-order valence-electron chi connectivity index (χ3n) is 4.97. The zero-order valence-electron chi connectivity index (χ0n) is 18.7. The van der Waals surface area contributed by atoms with Crippen molar-refractivity contribution in [3.63, 3.8) is 0 Å². The first-order valence-electron chi connectivity index (χ1n) is 11.8. The summed E-state index contributed by atoms with van der Waals surface area (Å²) in [5.74, 6) is 0. The van der Waals surface area contributed by atoms with Crippen LogP contribution in [0.1, 0.15) is 110 Å². The third-order valence-corrected chi connectivity index (χ3v) is 5.44. The molecule has 0 rings (SSSR count). The van der Waals surface area contributed by atoms with Gasteiger partial charge in [-0.15, -0.1) is 0 Å². The van der Waals surface area contributed by atoms with Gasteiger partial charge >= 0.3 is 10.4 Å². The smallest absolute Gasteiger partial charge is 0.379 e. The quantitative estimate of drug-likeness (QED) is 0.145. The summed E-state index contributed by atoms with van der Waals surface area (Å²) < 4.78 is 43.7. The third kappa shape index (κ3) is 27.8. The average molecular weight is 439 g/mol. The van der Waals surface area contributed by atoms with Gasteiger partial charge in [0.15, 0.2) is 0 Å². The molecule has 7 heteroatoms. The summed E-state index contributed by atoms with van der Waals surface area (Å²) in [6.45, 7) is 3.83. The Morgan fingerprint density at radius 1 is 0.517 bits per heavy atom. The summed E-state index contributed by atoms with van der Waals surface area (Å²) in [6, 6.07) is 0. The molecule has 6 nitrogen and oxygen atoms in total. The first-order valence-corrected chi connectivity index (χ1v) is 13.2. The van der Waals surface area contributed by atoms with Crippen LogP contribution in [0.3, 0.4) is 0 Å². The first-order chi connectivity index (χ1) is 14.1. The number of hydrogen-bond acceptors (Lipinski definition) is 5. The number of ether oxygens (including phenoxy) is 2. The molecule has 176 valence electrons. The van der Waals surface area contributed by atoms with Crippen molar-refractivity contribution >= 4 is 10.4 Å². The molecule has 0 spiro atoms. The van der Waals surface area contributed by atoms with Crippen molar-refractivity contribution in [1.29, 1.82) is 0 Å². The van der Waals surface area contributed by atoms with Crippen LogP contribution in [-0.2, 0) is 24.1 Å². The van der Waals surface area contributed by atoms with Crippen LogP contribution in [0.4, 0.5) is 0 Å². The van der Waals surface area contributed by atoms with Crippen LogP contribution in [0.2, 0.25) is 0 Å². The molecule has 0 unspecified atom stereocenters. The highest BCUT2D eigenvalue weighted by molar-refractivity contribution is 7.80. The molecule has 0 bridgehead atoms. The molecule has 0 aromatic heterocycles. The maximum atomic E-state index is 10.3. The van der Waals surface area contributed by atoms with Crippen LogP contribution in [0.25, 0.3) is 0 Å². The van der Waals surface area contributed by atoms with Gasteiger partial charge in [-0.2, -0.15) is 8.42 Å². The van der Waals surface area contributed by atoms with E-state index >= 15 is 0 Å². The SMILES string of the molecule is CCCCCCCCCCCCCCCCCCOCCOCCOS(=O)(=O)O. The normalized spacial score (nSPS) is 11.9. The fraction of sp³-hybridized carbons (Fsp3) is 1.00. The first kappa shape index (κ1) is 28.8. The van der Waals surface area contributed by atoms with E-state index in [1.54, 1.807) is 0 Å². The highest BCUT2D eigenvalue weighted by Crippen LogP contribution is 2.13. The van der Waals surface area contributed by atoms with Gasteiger partial charge in [-0.3, -0.25) is 4.55 Å². The molecule has 0 fully saturated rings. The Hall–Kier alpha value is -0.210. The predicted octanol–water partition coefficient (Wildman–Crippen LogP) is 6.10. The van der Waals surface area contributed by atoms with Crippen molar-refractivity contribution in [3.8, 4) is 0 Å². The van der Waals surface area contributed by atoms with Gasteiger partial charge in [0.25, 0.3) is 0 Å². The monoisotopic (exact) mass is 438 g/mol. The highest BCUT2D eigenvalue weighted by atomic mass is 32.3. The van der Waals surface area contributed by atoms with Crippen LogP contribution in [0.5, 0.6) is 0 Å². The van der Waals surface area contributed by atoms with Gasteiger partial charge in [0.1, 0.15) is 0 Å². The summed E-state index contributed by atoms with van der Waals surface area (Å²) in [6.07, 6.45) is 21.7. The van der Waals surface area contributed by atoms with Crippen LogP contribution in [0, 0.1) is 0 Å². The zero-order valence-corrected chi connectivity index (χ0v) is 19.6. The van der Waals surface area contributed by atoms with E-state index in [-0.39, 0.29) is 13.2 Å².